The maximum Gasteiger partial charge on any atom is 0.248 e. The van der Waals surface area contributed by atoms with E-state index >= 15 is 0 Å². The number of ether oxygens (including phenoxy) is 1. The van der Waals surface area contributed by atoms with Gasteiger partial charge >= 0.3 is 0 Å². The monoisotopic (exact) mass is 323 g/mol. The van der Waals surface area contributed by atoms with Crippen molar-refractivity contribution < 1.29 is 18.3 Å². The Morgan fingerprint density at radius 3 is 2.13 bits per heavy atom. The molecule has 126 valence electrons. The van der Waals surface area contributed by atoms with E-state index in [0.29, 0.717) is 5.75 Å². The van der Waals surface area contributed by atoms with E-state index in [-0.39, 0.29) is 31.6 Å². The van der Waals surface area contributed by atoms with E-state index in [1.807, 2.05) is 17.0 Å². The third kappa shape index (κ3) is 3.06. The zero-order valence-corrected chi connectivity index (χ0v) is 13.5. The molecule has 0 spiro atoms. The molecule has 3 nitrogen and oxygen atoms in total. The van der Waals surface area contributed by atoms with Crippen LogP contribution in [0.5, 0.6) is 5.75 Å². The summed E-state index contributed by atoms with van der Waals surface area (Å²) in [5.41, 5.74) is 0.0314. The molecule has 1 saturated heterocycles. The third-order valence-corrected chi connectivity index (χ3v) is 5.28. The fourth-order valence-corrected chi connectivity index (χ4v) is 3.80. The van der Waals surface area contributed by atoms with E-state index in [1.165, 1.54) is 0 Å². The molecule has 1 heterocycles. The minimum absolute atomic E-state index is 0.0238. The first kappa shape index (κ1) is 16.2. The Kier molecular flexibility index (Phi) is 4.30. The molecule has 1 aliphatic carbocycles. The largest absolute Gasteiger partial charge is 0.497 e. The number of rotatable bonds is 3. The van der Waals surface area contributed by atoms with Crippen LogP contribution in [0, 0.1) is 0 Å². The van der Waals surface area contributed by atoms with Gasteiger partial charge in [-0.3, -0.25) is 4.79 Å². The highest BCUT2D eigenvalue weighted by Crippen LogP contribution is 2.47. The van der Waals surface area contributed by atoms with Crippen molar-refractivity contribution in [3.05, 3.63) is 29.8 Å². The lowest BCUT2D eigenvalue weighted by atomic mass is 9.67. The number of carbonyl (C=O) groups excluding carboxylic acids is 1. The van der Waals surface area contributed by atoms with Gasteiger partial charge in [-0.25, -0.2) is 8.78 Å². The number of likely N-dealkylation sites (tertiary alicyclic amines) is 1. The van der Waals surface area contributed by atoms with E-state index < -0.39 is 11.3 Å². The van der Waals surface area contributed by atoms with Crippen LogP contribution in [0.2, 0.25) is 0 Å². The zero-order valence-electron chi connectivity index (χ0n) is 13.5. The van der Waals surface area contributed by atoms with Crippen LogP contribution in [0.1, 0.15) is 44.1 Å². The molecule has 2 fully saturated rings. The lowest BCUT2D eigenvalue weighted by molar-refractivity contribution is -0.141. The lowest BCUT2D eigenvalue weighted by Crippen LogP contribution is -2.49. The first-order valence-corrected chi connectivity index (χ1v) is 8.29. The molecular weight excluding hydrogens is 300 g/mol. The Labute approximate surface area is 135 Å². The average molecular weight is 323 g/mol. The van der Waals surface area contributed by atoms with Gasteiger partial charge in [-0.1, -0.05) is 12.1 Å². The SMILES string of the molecule is COc1ccc(C2(C(=O)N3CCCC3)CCC(F)(F)CC2)cc1. The van der Waals surface area contributed by atoms with Crippen LogP contribution in [0.15, 0.2) is 24.3 Å². The number of benzene rings is 1. The maximum absolute atomic E-state index is 13.7. The summed E-state index contributed by atoms with van der Waals surface area (Å²) in [5, 5.41) is 0. The number of nitrogens with zero attached hydrogens (tertiary/aromatic N) is 1. The van der Waals surface area contributed by atoms with Gasteiger partial charge in [-0.2, -0.15) is 0 Å². The van der Waals surface area contributed by atoms with E-state index in [9.17, 15) is 13.6 Å². The molecule has 1 aromatic rings. The van der Waals surface area contributed by atoms with Gasteiger partial charge < -0.3 is 9.64 Å². The van der Waals surface area contributed by atoms with Crippen LogP contribution in [-0.2, 0) is 10.2 Å². The lowest BCUT2D eigenvalue weighted by Gasteiger charge is -2.41. The van der Waals surface area contributed by atoms with Gasteiger partial charge in [0, 0.05) is 25.9 Å². The molecule has 23 heavy (non-hydrogen) atoms. The normalized spacial score (nSPS) is 22.8. The molecule has 1 saturated carbocycles. The van der Waals surface area contributed by atoms with Crippen molar-refractivity contribution in [2.24, 2.45) is 0 Å². The highest BCUT2D eigenvalue weighted by molar-refractivity contribution is 5.88. The van der Waals surface area contributed by atoms with E-state index in [4.69, 9.17) is 4.74 Å². The molecule has 1 aromatic carbocycles. The number of halogens is 2. The van der Waals surface area contributed by atoms with Gasteiger partial charge in [0.15, 0.2) is 0 Å². The quantitative estimate of drug-likeness (QED) is 0.847. The van der Waals surface area contributed by atoms with Crippen molar-refractivity contribution in [1.29, 1.82) is 0 Å². The van der Waals surface area contributed by atoms with Crippen molar-refractivity contribution in [2.75, 3.05) is 20.2 Å². The van der Waals surface area contributed by atoms with E-state index in [1.54, 1.807) is 19.2 Å². The Hall–Kier alpha value is -1.65. The first-order chi connectivity index (χ1) is 11.0. The van der Waals surface area contributed by atoms with Gasteiger partial charge in [0.2, 0.25) is 11.8 Å². The molecule has 0 aromatic heterocycles. The second-order valence-electron chi connectivity index (χ2n) is 6.67. The topological polar surface area (TPSA) is 29.5 Å². The third-order valence-electron chi connectivity index (χ3n) is 5.28. The van der Waals surface area contributed by atoms with Crippen molar-refractivity contribution in [3.63, 3.8) is 0 Å². The van der Waals surface area contributed by atoms with Crippen LogP contribution < -0.4 is 4.74 Å². The molecule has 0 unspecified atom stereocenters. The van der Waals surface area contributed by atoms with E-state index in [2.05, 4.69) is 0 Å². The van der Waals surface area contributed by atoms with Crippen molar-refractivity contribution in [1.82, 2.24) is 4.90 Å². The maximum atomic E-state index is 13.7. The van der Waals surface area contributed by atoms with Gasteiger partial charge in [-0.15, -0.1) is 0 Å². The van der Waals surface area contributed by atoms with Gasteiger partial charge in [0.1, 0.15) is 5.75 Å². The molecule has 2 aliphatic rings. The molecule has 0 bridgehead atoms. The summed E-state index contributed by atoms with van der Waals surface area (Å²) in [4.78, 5) is 15.0. The minimum Gasteiger partial charge on any atom is -0.497 e. The number of alkyl halides is 2. The second kappa shape index (κ2) is 6.10. The fourth-order valence-electron chi connectivity index (χ4n) is 3.80. The summed E-state index contributed by atoms with van der Waals surface area (Å²) in [6.45, 7) is 1.49. The Morgan fingerprint density at radius 1 is 1.04 bits per heavy atom. The Bertz CT molecular complexity index is 555. The standard InChI is InChI=1S/C18H23F2NO2/c1-23-15-6-4-14(5-7-15)17(8-10-18(19,20)11-9-17)16(22)21-12-2-3-13-21/h4-7H,2-3,8-13H2,1H3. The Morgan fingerprint density at radius 2 is 1.61 bits per heavy atom. The van der Waals surface area contributed by atoms with Crippen LogP contribution in [0.4, 0.5) is 8.78 Å². The van der Waals surface area contributed by atoms with Crippen molar-refractivity contribution >= 4 is 5.91 Å². The fraction of sp³-hybridized carbons (Fsp3) is 0.611. The van der Waals surface area contributed by atoms with Crippen LogP contribution in [-0.4, -0.2) is 36.9 Å². The molecule has 0 N–H and O–H groups in total. The molecular formula is C18H23F2NO2. The average Bonchev–Trinajstić information content (AvgIpc) is 3.09. The van der Waals surface area contributed by atoms with Crippen LogP contribution in [0.3, 0.4) is 0 Å². The summed E-state index contributed by atoms with van der Waals surface area (Å²) in [5.74, 6) is -1.92. The van der Waals surface area contributed by atoms with Crippen molar-refractivity contribution in [3.8, 4) is 5.75 Å². The smallest absolute Gasteiger partial charge is 0.248 e. The summed E-state index contributed by atoms with van der Waals surface area (Å²) < 4.78 is 32.5. The highest BCUT2D eigenvalue weighted by Gasteiger charge is 2.50. The molecule has 0 radical (unpaired) electrons. The van der Waals surface area contributed by atoms with Crippen LogP contribution in [0.25, 0.3) is 0 Å². The summed E-state index contributed by atoms with van der Waals surface area (Å²) >= 11 is 0. The molecule has 1 amide bonds. The number of amides is 1. The summed E-state index contributed by atoms with van der Waals surface area (Å²) in [6, 6.07) is 7.33. The number of methoxy groups -OCH3 is 1. The molecule has 3 rings (SSSR count). The second-order valence-corrected chi connectivity index (χ2v) is 6.67. The number of hydrogen-bond acceptors (Lipinski definition) is 2. The minimum atomic E-state index is -2.65. The number of carbonyl (C=O) groups is 1. The predicted octanol–water partition coefficient (Wildman–Crippen LogP) is 3.76. The Balaban J connectivity index is 1.94. The highest BCUT2D eigenvalue weighted by atomic mass is 19.3. The first-order valence-electron chi connectivity index (χ1n) is 8.29. The number of hydrogen-bond donors (Lipinski definition) is 0. The predicted molar refractivity (Wildman–Crippen MR) is 83.9 cm³/mol. The van der Waals surface area contributed by atoms with Gasteiger partial charge in [0.05, 0.1) is 12.5 Å². The zero-order chi connectivity index (χ0) is 16.5. The van der Waals surface area contributed by atoms with Crippen molar-refractivity contribution in [2.45, 2.75) is 49.9 Å². The van der Waals surface area contributed by atoms with E-state index in [0.717, 1.165) is 31.5 Å². The summed E-state index contributed by atoms with van der Waals surface area (Å²) in [7, 11) is 1.58. The van der Waals surface area contributed by atoms with Gasteiger partial charge in [0.25, 0.3) is 0 Å². The van der Waals surface area contributed by atoms with Gasteiger partial charge in [-0.05, 0) is 43.4 Å². The molecule has 1 aliphatic heterocycles. The molecule has 0 atom stereocenters. The molecule has 5 heteroatoms. The summed E-state index contributed by atoms with van der Waals surface area (Å²) in [6.07, 6.45) is 1.97. The van der Waals surface area contributed by atoms with Crippen LogP contribution >= 0.6 is 0 Å².